The van der Waals surface area contributed by atoms with Crippen molar-refractivity contribution < 1.29 is 13.2 Å². The number of hydrogen-bond donors (Lipinski definition) is 0. The molecule has 0 amide bonds. The number of thioether (sulfide) groups is 1. The van der Waals surface area contributed by atoms with Crippen molar-refractivity contribution in [3.8, 4) is 6.07 Å². The van der Waals surface area contributed by atoms with Crippen molar-refractivity contribution in [2.45, 2.75) is 19.8 Å². The van der Waals surface area contributed by atoms with Crippen LogP contribution in [0.2, 0.25) is 0 Å². The van der Waals surface area contributed by atoms with Crippen molar-refractivity contribution in [2.24, 2.45) is 0 Å². The summed E-state index contributed by atoms with van der Waals surface area (Å²) in [7, 11) is 0. The molecule has 104 valence electrons. The third-order valence-electron chi connectivity index (χ3n) is 2.18. The zero-order valence-corrected chi connectivity index (χ0v) is 12.4. The lowest BCUT2D eigenvalue weighted by Gasteiger charge is -2.09. The highest BCUT2D eigenvalue weighted by Gasteiger charge is 2.33. The van der Waals surface area contributed by atoms with Crippen molar-refractivity contribution in [2.75, 3.05) is 6.26 Å². The Morgan fingerprint density at radius 3 is 2.50 bits per heavy atom. The maximum atomic E-state index is 12.8. The van der Waals surface area contributed by atoms with Crippen LogP contribution in [-0.4, -0.2) is 16.5 Å². The van der Waals surface area contributed by atoms with Gasteiger partial charge in [0.25, 0.3) is 0 Å². The Hall–Kier alpha value is -1.24. The van der Waals surface area contributed by atoms with E-state index in [1.54, 1.807) is 6.07 Å². The monoisotopic (exact) mass is 333 g/mol. The van der Waals surface area contributed by atoms with Gasteiger partial charge in [-0.25, -0.2) is 0 Å². The van der Waals surface area contributed by atoms with E-state index in [9.17, 15) is 13.2 Å². The molecule has 0 aliphatic carbocycles. The molecule has 1 aromatic carbocycles. The zero-order chi connectivity index (χ0) is 14.8. The average molecular weight is 333 g/mol. The Labute approximate surface area is 125 Å². The molecular weight excluding hydrogens is 327 g/mol. The summed E-state index contributed by atoms with van der Waals surface area (Å²) in [5, 5.41) is 16.5. The second-order valence-corrected chi connectivity index (χ2v) is 6.81. The second-order valence-electron chi connectivity index (χ2n) is 3.46. The quantitative estimate of drug-likeness (QED) is 0.784. The summed E-state index contributed by atoms with van der Waals surface area (Å²) < 4.78 is 39.8. The number of rotatable bonds is 3. The Kier molecular flexibility index (Phi) is 4.57. The van der Waals surface area contributed by atoms with E-state index >= 15 is 0 Å². The van der Waals surface area contributed by atoms with Crippen LogP contribution in [0.4, 0.5) is 13.2 Å². The largest absolute Gasteiger partial charge is 0.417 e. The summed E-state index contributed by atoms with van der Waals surface area (Å²) in [4.78, 5) is 0.375. The van der Waals surface area contributed by atoms with Crippen LogP contribution in [0.5, 0.6) is 0 Å². The summed E-state index contributed by atoms with van der Waals surface area (Å²) in [5.74, 6) is 0. The van der Waals surface area contributed by atoms with E-state index < -0.39 is 11.7 Å². The van der Waals surface area contributed by atoms with Gasteiger partial charge in [0.05, 0.1) is 17.2 Å². The molecule has 2 rings (SSSR count). The topological polar surface area (TPSA) is 49.6 Å². The van der Waals surface area contributed by atoms with E-state index in [0.717, 1.165) is 22.2 Å². The van der Waals surface area contributed by atoms with Gasteiger partial charge in [0.15, 0.2) is 8.68 Å². The maximum Gasteiger partial charge on any atom is 0.417 e. The molecule has 0 unspecified atom stereocenters. The maximum absolute atomic E-state index is 12.8. The number of halogens is 3. The standard InChI is InChI=1S/C11H6F3N3S3/c1-18-9-16-17-10(20-9)19-7-3-2-6(5-15)8(4-7)11(12,13)14/h2-4H,1H3. The molecule has 20 heavy (non-hydrogen) atoms. The first-order valence-corrected chi connectivity index (χ1v) is 7.96. The summed E-state index contributed by atoms with van der Waals surface area (Å²) >= 11 is 3.83. The Morgan fingerprint density at radius 1 is 1.25 bits per heavy atom. The fourth-order valence-electron chi connectivity index (χ4n) is 1.34. The lowest BCUT2D eigenvalue weighted by Crippen LogP contribution is -2.07. The van der Waals surface area contributed by atoms with Gasteiger partial charge in [-0.05, 0) is 24.5 Å². The third-order valence-corrected chi connectivity index (χ3v) is 5.12. The highest BCUT2D eigenvalue weighted by molar-refractivity contribution is 8.03. The van der Waals surface area contributed by atoms with Crippen LogP contribution in [0.1, 0.15) is 11.1 Å². The molecule has 0 radical (unpaired) electrons. The van der Waals surface area contributed by atoms with E-state index in [-0.39, 0.29) is 5.56 Å². The van der Waals surface area contributed by atoms with Gasteiger partial charge >= 0.3 is 6.18 Å². The Morgan fingerprint density at radius 2 is 1.95 bits per heavy atom. The van der Waals surface area contributed by atoms with Crippen molar-refractivity contribution in [1.82, 2.24) is 10.2 Å². The summed E-state index contributed by atoms with van der Waals surface area (Å²) in [6.07, 6.45) is -2.70. The molecule has 0 aliphatic rings. The first kappa shape index (κ1) is 15.2. The molecule has 0 N–H and O–H groups in total. The fraction of sp³-hybridized carbons (Fsp3) is 0.182. The van der Waals surface area contributed by atoms with Crippen LogP contribution in [0.25, 0.3) is 0 Å². The highest BCUT2D eigenvalue weighted by Crippen LogP contribution is 2.37. The average Bonchev–Trinajstić information content (AvgIpc) is 2.85. The first-order valence-electron chi connectivity index (χ1n) is 5.10. The van der Waals surface area contributed by atoms with Crippen molar-refractivity contribution in [3.63, 3.8) is 0 Å². The molecule has 0 aliphatic heterocycles. The van der Waals surface area contributed by atoms with Crippen LogP contribution in [-0.2, 0) is 6.18 Å². The molecule has 1 aromatic heterocycles. The predicted molar refractivity (Wildman–Crippen MR) is 72.0 cm³/mol. The highest BCUT2D eigenvalue weighted by atomic mass is 32.2. The lowest BCUT2D eigenvalue weighted by atomic mass is 10.1. The number of aromatic nitrogens is 2. The SMILES string of the molecule is CSc1nnc(Sc2ccc(C#N)c(C(F)(F)F)c2)s1. The van der Waals surface area contributed by atoms with Crippen LogP contribution >= 0.6 is 34.9 Å². The van der Waals surface area contributed by atoms with Crippen LogP contribution < -0.4 is 0 Å². The van der Waals surface area contributed by atoms with E-state index in [4.69, 9.17) is 5.26 Å². The molecule has 0 spiro atoms. The summed E-state index contributed by atoms with van der Waals surface area (Å²) in [6, 6.07) is 5.15. The summed E-state index contributed by atoms with van der Waals surface area (Å²) in [5.41, 5.74) is -1.32. The predicted octanol–water partition coefficient (Wildman–Crippen LogP) is 4.30. The smallest absolute Gasteiger partial charge is 0.192 e. The number of nitriles is 1. The minimum Gasteiger partial charge on any atom is -0.192 e. The van der Waals surface area contributed by atoms with Gasteiger partial charge in [-0.15, -0.1) is 10.2 Å². The van der Waals surface area contributed by atoms with Crippen LogP contribution in [0, 0.1) is 11.3 Å². The number of benzene rings is 1. The lowest BCUT2D eigenvalue weighted by molar-refractivity contribution is -0.137. The molecule has 0 bridgehead atoms. The van der Waals surface area contributed by atoms with Crippen molar-refractivity contribution >= 4 is 34.9 Å². The molecule has 2 aromatic rings. The minimum atomic E-state index is -4.55. The molecule has 9 heteroatoms. The van der Waals surface area contributed by atoms with E-state index in [1.807, 2.05) is 6.26 Å². The van der Waals surface area contributed by atoms with Crippen molar-refractivity contribution in [3.05, 3.63) is 29.3 Å². The molecular formula is C11H6F3N3S3. The molecule has 3 nitrogen and oxygen atoms in total. The molecule has 0 fully saturated rings. The zero-order valence-electron chi connectivity index (χ0n) is 9.93. The van der Waals surface area contributed by atoms with Gasteiger partial charge in [0.1, 0.15) is 0 Å². The molecule has 0 atom stereocenters. The first-order chi connectivity index (χ1) is 9.44. The van der Waals surface area contributed by atoms with Crippen LogP contribution in [0.15, 0.2) is 31.8 Å². The number of alkyl halides is 3. The van der Waals surface area contributed by atoms with Crippen LogP contribution in [0.3, 0.4) is 0 Å². The van der Waals surface area contributed by atoms with Gasteiger partial charge in [-0.1, -0.05) is 34.9 Å². The fourth-order valence-corrected chi connectivity index (χ4v) is 3.79. The van der Waals surface area contributed by atoms with E-state index in [0.29, 0.717) is 9.24 Å². The normalized spacial score (nSPS) is 11.3. The van der Waals surface area contributed by atoms with Gasteiger partial charge in [0.2, 0.25) is 0 Å². The number of nitrogens with zero attached hydrogens (tertiary/aromatic N) is 3. The second kappa shape index (κ2) is 6.03. The van der Waals surface area contributed by atoms with Gasteiger partial charge in [-0.3, -0.25) is 0 Å². The number of hydrogen-bond acceptors (Lipinski definition) is 6. The van der Waals surface area contributed by atoms with E-state index in [1.165, 1.54) is 35.2 Å². The molecule has 0 saturated carbocycles. The third kappa shape index (κ3) is 3.45. The van der Waals surface area contributed by atoms with E-state index in [2.05, 4.69) is 10.2 Å². The minimum absolute atomic E-state index is 0.375. The Balaban J connectivity index is 2.32. The molecule has 1 heterocycles. The summed E-state index contributed by atoms with van der Waals surface area (Å²) in [6.45, 7) is 0. The van der Waals surface area contributed by atoms with Gasteiger partial charge < -0.3 is 0 Å². The molecule has 0 saturated heterocycles. The van der Waals surface area contributed by atoms with Gasteiger partial charge in [-0.2, -0.15) is 18.4 Å². The van der Waals surface area contributed by atoms with Crippen molar-refractivity contribution in [1.29, 1.82) is 5.26 Å². The van der Waals surface area contributed by atoms with Gasteiger partial charge in [0, 0.05) is 4.90 Å². The Bertz CT molecular complexity index is 661.